The number of aryl methyl sites for hydroxylation is 1. The summed E-state index contributed by atoms with van der Waals surface area (Å²) in [5.74, 6) is -0.856. The molecule has 6 heteroatoms. The maximum atomic E-state index is 12.0. The molecule has 6 nitrogen and oxygen atoms in total. The van der Waals surface area contributed by atoms with Gasteiger partial charge >= 0.3 is 5.69 Å². The Morgan fingerprint density at radius 3 is 2.81 bits per heavy atom. The Morgan fingerprint density at radius 1 is 1.38 bits per heavy atom. The number of aromatic nitrogens is 1. The molecule has 0 bridgehead atoms. The van der Waals surface area contributed by atoms with Gasteiger partial charge in [-0.1, -0.05) is 6.07 Å². The van der Waals surface area contributed by atoms with Crippen LogP contribution in [0.2, 0.25) is 0 Å². The van der Waals surface area contributed by atoms with Crippen molar-refractivity contribution in [3.63, 3.8) is 0 Å². The standard InChI is InChI=1S/C15H12N2O4/c1-10-11(3-2-8-16-10)4-6-14(18)12-5-7-15(19)13(9-12)17(20)21/h2-9,19H,1H3. The second kappa shape index (κ2) is 5.96. The van der Waals surface area contributed by atoms with E-state index in [9.17, 15) is 20.0 Å². The van der Waals surface area contributed by atoms with E-state index in [2.05, 4.69) is 4.98 Å². The number of aromatic hydroxyl groups is 1. The first-order valence-electron chi connectivity index (χ1n) is 6.10. The van der Waals surface area contributed by atoms with Crippen LogP contribution in [0.15, 0.2) is 42.6 Å². The van der Waals surface area contributed by atoms with Gasteiger partial charge in [0.1, 0.15) is 0 Å². The fraction of sp³-hybridized carbons (Fsp3) is 0.0667. The zero-order valence-corrected chi connectivity index (χ0v) is 11.2. The lowest BCUT2D eigenvalue weighted by Crippen LogP contribution is -1.97. The molecule has 1 heterocycles. The molecule has 0 aliphatic carbocycles. The minimum atomic E-state index is -0.735. The minimum Gasteiger partial charge on any atom is -0.502 e. The fourth-order valence-electron chi connectivity index (χ4n) is 1.76. The minimum absolute atomic E-state index is 0.136. The highest BCUT2D eigenvalue weighted by Gasteiger charge is 2.15. The molecule has 21 heavy (non-hydrogen) atoms. The van der Waals surface area contributed by atoms with Crippen molar-refractivity contribution in [2.45, 2.75) is 6.92 Å². The van der Waals surface area contributed by atoms with Crippen LogP contribution in [0.3, 0.4) is 0 Å². The summed E-state index contributed by atoms with van der Waals surface area (Å²) in [4.78, 5) is 26.1. The van der Waals surface area contributed by atoms with E-state index in [4.69, 9.17) is 0 Å². The number of allylic oxidation sites excluding steroid dienone is 1. The van der Waals surface area contributed by atoms with Gasteiger partial charge in [-0.2, -0.15) is 0 Å². The van der Waals surface area contributed by atoms with Crippen LogP contribution in [-0.2, 0) is 0 Å². The number of nitro groups is 1. The molecule has 0 fully saturated rings. The molecule has 0 unspecified atom stereocenters. The van der Waals surface area contributed by atoms with Gasteiger partial charge in [-0.15, -0.1) is 0 Å². The SMILES string of the molecule is Cc1ncccc1C=CC(=O)c1ccc(O)c([N+](=O)[O-])c1. The van der Waals surface area contributed by atoms with Gasteiger partial charge in [0, 0.05) is 23.5 Å². The number of phenolic OH excluding ortho intramolecular Hbond substituents is 1. The maximum absolute atomic E-state index is 12.0. The van der Waals surface area contributed by atoms with Crippen molar-refractivity contribution < 1.29 is 14.8 Å². The molecule has 0 aliphatic rings. The van der Waals surface area contributed by atoms with Crippen LogP contribution in [0.25, 0.3) is 6.08 Å². The van der Waals surface area contributed by atoms with Gasteiger partial charge in [0.05, 0.1) is 4.92 Å². The largest absolute Gasteiger partial charge is 0.502 e. The van der Waals surface area contributed by atoms with E-state index in [0.717, 1.165) is 23.4 Å². The number of hydrogen-bond acceptors (Lipinski definition) is 5. The summed E-state index contributed by atoms with van der Waals surface area (Å²) in [6.07, 6.45) is 4.57. The lowest BCUT2D eigenvalue weighted by Gasteiger charge is -2.00. The van der Waals surface area contributed by atoms with Crippen LogP contribution < -0.4 is 0 Å². The number of phenols is 1. The molecular weight excluding hydrogens is 272 g/mol. The zero-order chi connectivity index (χ0) is 15.4. The molecule has 0 atom stereocenters. The van der Waals surface area contributed by atoms with E-state index < -0.39 is 16.4 Å². The molecule has 1 N–H and O–H groups in total. The number of ketones is 1. The summed E-state index contributed by atoms with van der Waals surface area (Å²) >= 11 is 0. The molecule has 2 rings (SSSR count). The Labute approximate surface area is 120 Å². The second-order valence-electron chi connectivity index (χ2n) is 4.34. The third kappa shape index (κ3) is 3.30. The van der Waals surface area contributed by atoms with E-state index in [1.165, 1.54) is 12.1 Å². The number of nitro benzene ring substituents is 1. The van der Waals surface area contributed by atoms with Gasteiger partial charge in [0.2, 0.25) is 0 Å². The molecule has 0 spiro atoms. The summed E-state index contributed by atoms with van der Waals surface area (Å²) in [5.41, 5.74) is 1.21. The van der Waals surface area contributed by atoms with Crippen molar-refractivity contribution in [3.8, 4) is 5.75 Å². The number of benzene rings is 1. The first-order chi connectivity index (χ1) is 9.99. The molecule has 0 amide bonds. The molecule has 1 aromatic carbocycles. The Bertz CT molecular complexity index is 738. The highest BCUT2D eigenvalue weighted by atomic mass is 16.6. The summed E-state index contributed by atoms with van der Waals surface area (Å²) < 4.78 is 0. The van der Waals surface area contributed by atoms with Gasteiger partial charge < -0.3 is 5.11 Å². The summed E-state index contributed by atoms with van der Waals surface area (Å²) in [5, 5.41) is 20.1. The first-order valence-corrected chi connectivity index (χ1v) is 6.10. The Balaban J connectivity index is 2.27. The van der Waals surface area contributed by atoms with Crippen LogP contribution in [0, 0.1) is 17.0 Å². The van der Waals surface area contributed by atoms with Gasteiger partial charge in [-0.25, -0.2) is 0 Å². The summed E-state index contributed by atoms with van der Waals surface area (Å²) in [7, 11) is 0. The van der Waals surface area contributed by atoms with Crippen molar-refractivity contribution in [1.29, 1.82) is 0 Å². The maximum Gasteiger partial charge on any atom is 0.311 e. The van der Waals surface area contributed by atoms with Crippen molar-refractivity contribution in [3.05, 3.63) is 69.5 Å². The van der Waals surface area contributed by atoms with Crippen molar-refractivity contribution in [2.75, 3.05) is 0 Å². The molecule has 106 valence electrons. The van der Waals surface area contributed by atoms with E-state index in [0.29, 0.717) is 0 Å². The number of nitrogens with zero attached hydrogens (tertiary/aromatic N) is 2. The van der Waals surface area contributed by atoms with Crippen molar-refractivity contribution in [1.82, 2.24) is 4.98 Å². The monoisotopic (exact) mass is 284 g/mol. The van der Waals surface area contributed by atoms with Crippen molar-refractivity contribution >= 4 is 17.5 Å². The summed E-state index contributed by atoms with van der Waals surface area (Å²) in [6, 6.07) is 7.09. The molecule has 2 aromatic rings. The van der Waals surface area contributed by atoms with Crippen molar-refractivity contribution in [2.24, 2.45) is 0 Å². The summed E-state index contributed by atoms with van der Waals surface area (Å²) in [6.45, 7) is 1.82. The lowest BCUT2D eigenvalue weighted by molar-refractivity contribution is -0.385. The topological polar surface area (TPSA) is 93.3 Å². The fourth-order valence-corrected chi connectivity index (χ4v) is 1.76. The quantitative estimate of drug-likeness (QED) is 0.403. The molecule has 1 aromatic heterocycles. The van der Waals surface area contributed by atoms with Gasteiger partial charge in [-0.3, -0.25) is 19.9 Å². The van der Waals surface area contributed by atoms with Crippen LogP contribution in [0.5, 0.6) is 5.75 Å². The predicted octanol–water partition coefficient (Wildman–Crippen LogP) is 2.90. The van der Waals surface area contributed by atoms with Gasteiger partial charge in [0.25, 0.3) is 0 Å². The van der Waals surface area contributed by atoms with Crippen LogP contribution in [0.1, 0.15) is 21.6 Å². The van der Waals surface area contributed by atoms with Crippen LogP contribution in [-0.4, -0.2) is 20.8 Å². The molecule has 0 saturated heterocycles. The number of carbonyl (C=O) groups is 1. The normalized spacial score (nSPS) is 10.7. The third-order valence-corrected chi connectivity index (χ3v) is 2.92. The van der Waals surface area contributed by atoms with E-state index in [-0.39, 0.29) is 11.3 Å². The van der Waals surface area contributed by atoms with E-state index in [1.807, 2.05) is 13.0 Å². The van der Waals surface area contributed by atoms with Gasteiger partial charge in [-0.05, 0) is 42.8 Å². The lowest BCUT2D eigenvalue weighted by atomic mass is 10.1. The van der Waals surface area contributed by atoms with Gasteiger partial charge in [0.15, 0.2) is 11.5 Å². The second-order valence-corrected chi connectivity index (χ2v) is 4.34. The smallest absolute Gasteiger partial charge is 0.311 e. The molecule has 0 saturated carbocycles. The van der Waals surface area contributed by atoms with E-state index in [1.54, 1.807) is 18.3 Å². The predicted molar refractivity (Wildman–Crippen MR) is 77.1 cm³/mol. The average molecular weight is 284 g/mol. The molecular formula is C15H12N2O4. The number of carbonyl (C=O) groups excluding carboxylic acids is 1. The number of pyridine rings is 1. The first kappa shape index (κ1) is 14.4. The highest BCUT2D eigenvalue weighted by Crippen LogP contribution is 2.26. The van der Waals surface area contributed by atoms with E-state index >= 15 is 0 Å². The highest BCUT2D eigenvalue weighted by molar-refractivity contribution is 6.07. The zero-order valence-electron chi connectivity index (χ0n) is 11.2. The number of hydrogen-bond donors (Lipinski definition) is 1. The third-order valence-electron chi connectivity index (χ3n) is 2.92. The van der Waals surface area contributed by atoms with Crippen LogP contribution >= 0.6 is 0 Å². The Hall–Kier alpha value is -3.02. The molecule has 0 radical (unpaired) electrons. The Morgan fingerprint density at radius 2 is 2.14 bits per heavy atom. The Kier molecular flexibility index (Phi) is 4.08. The number of rotatable bonds is 4. The molecule has 0 aliphatic heterocycles. The van der Waals surface area contributed by atoms with Crippen LogP contribution in [0.4, 0.5) is 5.69 Å². The average Bonchev–Trinajstić information content (AvgIpc) is 2.46.